The van der Waals surface area contributed by atoms with Crippen molar-refractivity contribution in [1.82, 2.24) is 15.1 Å². The molecule has 0 bridgehead atoms. The number of amides is 2. The number of carbonyl (C=O) groups excluding carboxylic acids is 2. The van der Waals surface area contributed by atoms with Gasteiger partial charge in [0.2, 0.25) is 11.8 Å². The molecule has 1 aromatic carbocycles. The second-order valence-corrected chi connectivity index (χ2v) is 8.00. The van der Waals surface area contributed by atoms with Crippen LogP contribution in [0.2, 0.25) is 0 Å². The zero-order valence-corrected chi connectivity index (χ0v) is 16.5. The van der Waals surface area contributed by atoms with E-state index in [1.54, 1.807) is 0 Å². The molecule has 1 saturated carbocycles. The van der Waals surface area contributed by atoms with Gasteiger partial charge < -0.3 is 10.2 Å². The molecule has 2 amide bonds. The number of benzene rings is 1. The van der Waals surface area contributed by atoms with E-state index < -0.39 is 0 Å². The molecule has 1 atom stereocenters. The molecule has 5 heteroatoms. The van der Waals surface area contributed by atoms with Gasteiger partial charge in [-0.05, 0) is 25.5 Å². The fraction of sp³-hybridized carbons (Fsp3) is 0.636. The van der Waals surface area contributed by atoms with E-state index in [2.05, 4.69) is 29.4 Å². The van der Waals surface area contributed by atoms with Crippen LogP contribution in [0, 0.1) is 0 Å². The molecule has 0 aromatic heterocycles. The van der Waals surface area contributed by atoms with Gasteiger partial charge in [0.05, 0.1) is 6.04 Å². The molecule has 148 valence electrons. The summed E-state index contributed by atoms with van der Waals surface area (Å²) >= 11 is 0. The molecule has 1 aliphatic carbocycles. The zero-order valence-electron chi connectivity index (χ0n) is 16.5. The van der Waals surface area contributed by atoms with Crippen molar-refractivity contribution in [2.45, 2.75) is 63.5 Å². The molecule has 1 N–H and O–H groups in total. The van der Waals surface area contributed by atoms with Gasteiger partial charge in [0.15, 0.2) is 0 Å². The van der Waals surface area contributed by atoms with E-state index in [0.29, 0.717) is 25.4 Å². The number of rotatable bonds is 5. The van der Waals surface area contributed by atoms with Gasteiger partial charge in [0.25, 0.3) is 0 Å². The molecule has 1 heterocycles. The van der Waals surface area contributed by atoms with Gasteiger partial charge in [-0.15, -0.1) is 0 Å². The minimum absolute atomic E-state index is 0.0315. The molecular weight excluding hydrogens is 338 g/mol. The summed E-state index contributed by atoms with van der Waals surface area (Å²) in [5.74, 6) is 0.129. The highest BCUT2D eigenvalue weighted by Gasteiger charge is 2.28. The molecule has 2 fully saturated rings. The Hall–Kier alpha value is -1.88. The largest absolute Gasteiger partial charge is 0.353 e. The lowest BCUT2D eigenvalue weighted by atomic mass is 10.0. The highest BCUT2D eigenvalue weighted by molar-refractivity contribution is 5.84. The fourth-order valence-electron chi connectivity index (χ4n) is 4.24. The van der Waals surface area contributed by atoms with Crippen LogP contribution >= 0.6 is 0 Å². The van der Waals surface area contributed by atoms with E-state index in [9.17, 15) is 9.59 Å². The van der Waals surface area contributed by atoms with Crippen molar-refractivity contribution in [2.75, 3.05) is 26.7 Å². The summed E-state index contributed by atoms with van der Waals surface area (Å²) in [6.45, 7) is 2.30. The highest BCUT2D eigenvalue weighted by Crippen LogP contribution is 2.24. The maximum atomic E-state index is 12.7. The number of likely N-dealkylation sites (N-methyl/N-ethyl adjacent to an activating group) is 1. The number of nitrogens with one attached hydrogen (secondary N) is 1. The lowest BCUT2D eigenvalue weighted by molar-refractivity contribution is -0.136. The van der Waals surface area contributed by atoms with Gasteiger partial charge in [-0.25, -0.2) is 0 Å². The summed E-state index contributed by atoms with van der Waals surface area (Å²) in [5, 5.41) is 3.14. The van der Waals surface area contributed by atoms with Crippen LogP contribution in [-0.4, -0.2) is 54.3 Å². The lowest BCUT2D eigenvalue weighted by Gasteiger charge is -2.39. The summed E-state index contributed by atoms with van der Waals surface area (Å²) in [4.78, 5) is 29.1. The van der Waals surface area contributed by atoms with Crippen molar-refractivity contribution in [1.29, 1.82) is 0 Å². The first kappa shape index (κ1) is 19.9. The molecule has 0 unspecified atom stereocenters. The summed E-state index contributed by atoms with van der Waals surface area (Å²) in [6, 6.07) is 10.9. The highest BCUT2D eigenvalue weighted by atomic mass is 16.2. The Kier molecular flexibility index (Phi) is 7.27. The molecule has 5 nitrogen and oxygen atoms in total. The Morgan fingerprint density at radius 1 is 1.00 bits per heavy atom. The van der Waals surface area contributed by atoms with Crippen LogP contribution in [-0.2, 0) is 9.59 Å². The third kappa shape index (κ3) is 5.80. The van der Waals surface area contributed by atoms with E-state index in [0.717, 1.165) is 25.9 Å². The van der Waals surface area contributed by atoms with Crippen molar-refractivity contribution in [2.24, 2.45) is 0 Å². The summed E-state index contributed by atoms with van der Waals surface area (Å²) in [7, 11) is 2.11. The Morgan fingerprint density at radius 3 is 2.41 bits per heavy atom. The van der Waals surface area contributed by atoms with Crippen molar-refractivity contribution in [3.63, 3.8) is 0 Å². The topological polar surface area (TPSA) is 52.7 Å². The van der Waals surface area contributed by atoms with Gasteiger partial charge in [-0.2, -0.15) is 0 Å². The van der Waals surface area contributed by atoms with Crippen LogP contribution in [0.1, 0.15) is 63.0 Å². The second kappa shape index (κ2) is 9.88. The third-order valence-corrected chi connectivity index (χ3v) is 5.97. The molecule has 0 radical (unpaired) electrons. The smallest absolute Gasteiger partial charge is 0.223 e. The second-order valence-electron chi connectivity index (χ2n) is 8.00. The molecule has 1 saturated heterocycles. The van der Waals surface area contributed by atoms with Crippen LogP contribution in [0.15, 0.2) is 30.3 Å². The molecule has 1 aromatic rings. The lowest BCUT2D eigenvalue weighted by Crippen LogP contribution is -2.49. The molecule has 3 rings (SSSR count). The number of nitrogens with zero attached hydrogens (tertiary/aromatic N) is 2. The third-order valence-electron chi connectivity index (χ3n) is 5.97. The minimum atomic E-state index is 0.0315. The number of hydrogen-bond donors (Lipinski definition) is 1. The van der Waals surface area contributed by atoms with Crippen molar-refractivity contribution in [3.05, 3.63) is 35.9 Å². The maximum Gasteiger partial charge on any atom is 0.223 e. The Balaban J connectivity index is 1.46. The van der Waals surface area contributed by atoms with Crippen molar-refractivity contribution < 1.29 is 9.59 Å². The van der Waals surface area contributed by atoms with Crippen LogP contribution in [0.3, 0.4) is 0 Å². The normalized spacial score (nSPS) is 22.3. The minimum Gasteiger partial charge on any atom is -0.353 e. The van der Waals surface area contributed by atoms with E-state index in [1.807, 2.05) is 23.1 Å². The van der Waals surface area contributed by atoms with Crippen LogP contribution in [0.4, 0.5) is 0 Å². The van der Waals surface area contributed by atoms with E-state index >= 15 is 0 Å². The predicted octanol–water partition coefficient (Wildman–Crippen LogP) is 3.12. The molecule has 2 aliphatic rings. The van der Waals surface area contributed by atoms with Gasteiger partial charge in [-0.1, -0.05) is 56.0 Å². The van der Waals surface area contributed by atoms with Gasteiger partial charge in [-0.3, -0.25) is 14.5 Å². The fourth-order valence-corrected chi connectivity index (χ4v) is 4.24. The molecular formula is C22H33N3O2. The Morgan fingerprint density at radius 2 is 1.70 bits per heavy atom. The average Bonchev–Trinajstić information content (AvgIpc) is 2.96. The van der Waals surface area contributed by atoms with Crippen molar-refractivity contribution >= 4 is 11.8 Å². The van der Waals surface area contributed by atoms with Crippen molar-refractivity contribution in [3.8, 4) is 0 Å². The quantitative estimate of drug-likeness (QED) is 0.809. The number of hydrogen-bond acceptors (Lipinski definition) is 3. The standard InChI is InChI=1S/C22H33N3O2/c1-24-15-16-25(17-20(24)18-9-5-4-6-10-18)22(27)14-13-21(26)23-19-11-7-2-3-8-12-19/h4-6,9-10,19-20H,2-3,7-8,11-17H2,1H3,(H,23,26)/t20-/m1/s1. The SMILES string of the molecule is CN1CCN(C(=O)CCC(=O)NC2CCCCCC2)C[C@@H]1c1ccccc1. The van der Waals surface area contributed by atoms with E-state index in [-0.39, 0.29) is 17.9 Å². The Bertz CT molecular complexity index is 611. The van der Waals surface area contributed by atoms with Gasteiger partial charge >= 0.3 is 0 Å². The molecule has 27 heavy (non-hydrogen) atoms. The van der Waals surface area contributed by atoms with Crippen LogP contribution < -0.4 is 5.32 Å². The number of piperazine rings is 1. The summed E-state index contributed by atoms with van der Waals surface area (Å²) < 4.78 is 0. The average molecular weight is 372 g/mol. The van der Waals surface area contributed by atoms with Gasteiger partial charge in [0, 0.05) is 38.5 Å². The first-order valence-electron chi connectivity index (χ1n) is 10.5. The van der Waals surface area contributed by atoms with E-state index in [1.165, 1.54) is 31.2 Å². The van der Waals surface area contributed by atoms with Crippen LogP contribution in [0.5, 0.6) is 0 Å². The van der Waals surface area contributed by atoms with E-state index in [4.69, 9.17) is 0 Å². The predicted molar refractivity (Wildman–Crippen MR) is 107 cm³/mol. The monoisotopic (exact) mass is 371 g/mol. The zero-order chi connectivity index (χ0) is 19.1. The molecule has 1 aliphatic heterocycles. The first-order valence-corrected chi connectivity index (χ1v) is 10.5. The summed E-state index contributed by atoms with van der Waals surface area (Å²) in [5.41, 5.74) is 1.24. The van der Waals surface area contributed by atoms with Gasteiger partial charge in [0.1, 0.15) is 0 Å². The molecule has 0 spiro atoms. The maximum absolute atomic E-state index is 12.7. The first-order chi connectivity index (χ1) is 13.1. The Labute approximate surface area is 163 Å². The summed E-state index contributed by atoms with van der Waals surface area (Å²) in [6.07, 6.45) is 7.72. The number of carbonyl (C=O) groups is 2. The van der Waals surface area contributed by atoms with Crippen LogP contribution in [0.25, 0.3) is 0 Å².